The third-order valence-corrected chi connectivity index (χ3v) is 4.20. The quantitative estimate of drug-likeness (QED) is 0.849. The van der Waals surface area contributed by atoms with Gasteiger partial charge in [-0.05, 0) is 31.4 Å². The van der Waals surface area contributed by atoms with Crippen LogP contribution < -0.4 is 5.73 Å². The highest BCUT2D eigenvalue weighted by molar-refractivity contribution is 7.98. The number of nitrogen functional groups attached to an aromatic ring is 1. The molecule has 2 N–H and O–H groups in total. The Balaban J connectivity index is 2.39. The number of thioether (sulfide) groups is 1. The second-order valence-electron chi connectivity index (χ2n) is 5.59. The summed E-state index contributed by atoms with van der Waals surface area (Å²) < 4.78 is 0. The Kier molecular flexibility index (Phi) is 4.10. The Hall–Kier alpha value is -0.840. The molecule has 1 heterocycles. The Bertz CT molecular complexity index is 413. The molecular formula is C13H22N4S. The number of aromatic nitrogens is 3. The zero-order chi connectivity index (χ0) is 13.2. The van der Waals surface area contributed by atoms with Gasteiger partial charge in [-0.2, -0.15) is 9.97 Å². The molecule has 1 aliphatic rings. The third-order valence-electron chi connectivity index (χ3n) is 3.65. The molecule has 5 heteroatoms. The molecule has 0 spiro atoms. The van der Waals surface area contributed by atoms with Crippen LogP contribution in [0.4, 0.5) is 5.95 Å². The lowest BCUT2D eigenvalue weighted by Crippen LogP contribution is -2.28. The van der Waals surface area contributed by atoms with Gasteiger partial charge in [0.1, 0.15) is 5.82 Å². The average Bonchev–Trinajstić information content (AvgIpc) is 2.77. The normalized spacial score (nSPS) is 18.4. The van der Waals surface area contributed by atoms with E-state index in [9.17, 15) is 0 Å². The van der Waals surface area contributed by atoms with E-state index in [-0.39, 0.29) is 5.41 Å². The summed E-state index contributed by atoms with van der Waals surface area (Å²) in [4.78, 5) is 13.2. The van der Waals surface area contributed by atoms with Gasteiger partial charge in [-0.1, -0.05) is 38.5 Å². The molecule has 0 radical (unpaired) electrons. The molecule has 2 rings (SSSR count). The van der Waals surface area contributed by atoms with Crippen molar-refractivity contribution in [3.63, 3.8) is 0 Å². The minimum absolute atomic E-state index is 0.135. The monoisotopic (exact) mass is 266 g/mol. The summed E-state index contributed by atoms with van der Waals surface area (Å²) in [6.45, 7) is 4.53. The van der Waals surface area contributed by atoms with Crippen molar-refractivity contribution in [3.05, 3.63) is 5.82 Å². The summed E-state index contributed by atoms with van der Waals surface area (Å²) in [5.74, 6) is 1.93. The van der Waals surface area contributed by atoms with Crippen molar-refractivity contribution in [2.75, 3.05) is 12.0 Å². The van der Waals surface area contributed by atoms with Crippen molar-refractivity contribution >= 4 is 17.7 Å². The number of hydrogen-bond donors (Lipinski definition) is 1. The highest BCUT2D eigenvalue weighted by Gasteiger charge is 2.39. The van der Waals surface area contributed by atoms with Gasteiger partial charge < -0.3 is 5.73 Å². The summed E-state index contributed by atoms with van der Waals surface area (Å²) in [7, 11) is 0. The number of nitrogens with zero attached hydrogens (tertiary/aromatic N) is 3. The molecule has 1 aromatic heterocycles. The fourth-order valence-corrected chi connectivity index (χ4v) is 3.42. The van der Waals surface area contributed by atoms with Gasteiger partial charge in [0.15, 0.2) is 5.16 Å². The van der Waals surface area contributed by atoms with Crippen LogP contribution in [-0.4, -0.2) is 21.2 Å². The molecule has 1 saturated carbocycles. The molecule has 0 amide bonds. The van der Waals surface area contributed by atoms with Gasteiger partial charge in [0.05, 0.1) is 0 Å². The van der Waals surface area contributed by atoms with Crippen LogP contribution in [0.3, 0.4) is 0 Å². The molecule has 4 nitrogen and oxygen atoms in total. The Morgan fingerprint density at radius 2 is 1.89 bits per heavy atom. The standard InChI is InChI=1S/C13H22N4S/c1-9(2)8-13(6-4-5-7-13)10-15-11(14)17-12(16-10)18-3/h9H,4-8H2,1-3H3,(H2,14,15,16,17). The van der Waals surface area contributed by atoms with Crippen LogP contribution in [0.5, 0.6) is 0 Å². The van der Waals surface area contributed by atoms with Crippen LogP contribution in [0.25, 0.3) is 0 Å². The second kappa shape index (κ2) is 5.43. The molecule has 0 atom stereocenters. The Morgan fingerprint density at radius 3 is 2.44 bits per heavy atom. The first kappa shape index (κ1) is 13.6. The predicted molar refractivity (Wildman–Crippen MR) is 75.6 cm³/mol. The third kappa shape index (κ3) is 2.76. The molecule has 100 valence electrons. The highest BCUT2D eigenvalue weighted by Crippen LogP contribution is 2.44. The fraction of sp³-hybridized carbons (Fsp3) is 0.769. The van der Waals surface area contributed by atoms with Crippen LogP contribution >= 0.6 is 11.8 Å². The summed E-state index contributed by atoms with van der Waals surface area (Å²) in [6, 6.07) is 0. The van der Waals surface area contributed by atoms with Crippen LogP contribution in [0, 0.1) is 5.92 Å². The molecule has 18 heavy (non-hydrogen) atoms. The predicted octanol–water partition coefficient (Wildman–Crippen LogP) is 3.03. The first-order valence-electron chi connectivity index (χ1n) is 6.62. The van der Waals surface area contributed by atoms with Crippen LogP contribution in [0.2, 0.25) is 0 Å². The number of rotatable bonds is 4. The molecular weight excluding hydrogens is 244 g/mol. The zero-order valence-corrected chi connectivity index (χ0v) is 12.3. The first-order valence-corrected chi connectivity index (χ1v) is 7.84. The molecule has 1 fully saturated rings. The molecule has 0 saturated heterocycles. The average molecular weight is 266 g/mol. The SMILES string of the molecule is CSc1nc(N)nc(C2(CC(C)C)CCCC2)n1. The van der Waals surface area contributed by atoms with Crippen LogP contribution in [0.15, 0.2) is 5.16 Å². The van der Waals surface area contributed by atoms with E-state index in [0.717, 1.165) is 17.4 Å². The lowest BCUT2D eigenvalue weighted by atomic mass is 9.78. The largest absolute Gasteiger partial charge is 0.368 e. The van der Waals surface area contributed by atoms with Crippen LogP contribution in [0.1, 0.15) is 51.8 Å². The van der Waals surface area contributed by atoms with E-state index in [1.165, 1.54) is 37.4 Å². The topological polar surface area (TPSA) is 64.7 Å². The van der Waals surface area contributed by atoms with E-state index in [4.69, 9.17) is 5.73 Å². The van der Waals surface area contributed by atoms with Gasteiger partial charge in [-0.25, -0.2) is 4.98 Å². The van der Waals surface area contributed by atoms with Crippen molar-refractivity contribution in [1.82, 2.24) is 15.0 Å². The van der Waals surface area contributed by atoms with Crippen molar-refractivity contribution in [2.24, 2.45) is 5.92 Å². The van der Waals surface area contributed by atoms with E-state index in [2.05, 4.69) is 28.8 Å². The minimum atomic E-state index is 0.135. The number of anilines is 1. The van der Waals surface area contributed by atoms with E-state index in [1.54, 1.807) is 0 Å². The van der Waals surface area contributed by atoms with E-state index in [1.807, 2.05) is 6.26 Å². The van der Waals surface area contributed by atoms with Gasteiger partial charge in [0.25, 0.3) is 0 Å². The zero-order valence-electron chi connectivity index (χ0n) is 11.4. The maximum absolute atomic E-state index is 5.82. The molecule has 0 aromatic carbocycles. The van der Waals surface area contributed by atoms with Gasteiger partial charge in [0.2, 0.25) is 5.95 Å². The van der Waals surface area contributed by atoms with Gasteiger partial charge in [-0.3, -0.25) is 0 Å². The van der Waals surface area contributed by atoms with Crippen molar-refractivity contribution in [3.8, 4) is 0 Å². The molecule has 1 aromatic rings. The molecule has 0 aliphatic heterocycles. The summed E-state index contributed by atoms with van der Waals surface area (Å²) >= 11 is 1.53. The Morgan fingerprint density at radius 1 is 1.22 bits per heavy atom. The molecule has 0 bridgehead atoms. The second-order valence-corrected chi connectivity index (χ2v) is 6.36. The first-order chi connectivity index (χ1) is 8.55. The highest BCUT2D eigenvalue weighted by atomic mass is 32.2. The van der Waals surface area contributed by atoms with Crippen molar-refractivity contribution < 1.29 is 0 Å². The van der Waals surface area contributed by atoms with E-state index >= 15 is 0 Å². The maximum atomic E-state index is 5.82. The summed E-state index contributed by atoms with van der Waals surface area (Å²) in [6.07, 6.45) is 8.03. The van der Waals surface area contributed by atoms with Crippen molar-refractivity contribution in [2.45, 2.75) is 56.5 Å². The van der Waals surface area contributed by atoms with Crippen molar-refractivity contribution in [1.29, 1.82) is 0 Å². The van der Waals surface area contributed by atoms with Crippen LogP contribution in [-0.2, 0) is 5.41 Å². The lowest BCUT2D eigenvalue weighted by molar-refractivity contribution is 0.326. The fourth-order valence-electron chi connectivity index (χ4n) is 3.05. The molecule has 0 unspecified atom stereocenters. The summed E-state index contributed by atoms with van der Waals surface area (Å²) in [5.41, 5.74) is 5.95. The van der Waals surface area contributed by atoms with Gasteiger partial charge in [0, 0.05) is 5.41 Å². The van der Waals surface area contributed by atoms with E-state index < -0.39 is 0 Å². The molecule has 1 aliphatic carbocycles. The number of nitrogens with two attached hydrogens (primary N) is 1. The van der Waals surface area contributed by atoms with Gasteiger partial charge in [-0.15, -0.1) is 0 Å². The Labute approximate surface area is 113 Å². The maximum Gasteiger partial charge on any atom is 0.224 e. The lowest BCUT2D eigenvalue weighted by Gasteiger charge is -2.29. The minimum Gasteiger partial charge on any atom is -0.368 e. The van der Waals surface area contributed by atoms with E-state index in [0.29, 0.717) is 11.9 Å². The van der Waals surface area contributed by atoms with Gasteiger partial charge >= 0.3 is 0 Å². The summed E-state index contributed by atoms with van der Waals surface area (Å²) in [5, 5.41) is 0.743. The smallest absolute Gasteiger partial charge is 0.224 e. The number of hydrogen-bond acceptors (Lipinski definition) is 5.